The number of nitro benzene ring substituents is 1. The molecule has 7 heteroatoms. The Kier molecular flexibility index (Phi) is 4.18. The van der Waals surface area contributed by atoms with Gasteiger partial charge in [-0.3, -0.25) is 14.9 Å². The first-order valence-corrected chi connectivity index (χ1v) is 6.27. The number of anilines is 1. The van der Waals surface area contributed by atoms with E-state index in [0.29, 0.717) is 5.56 Å². The summed E-state index contributed by atoms with van der Waals surface area (Å²) in [6.45, 7) is 1.71. The fourth-order valence-corrected chi connectivity index (χ4v) is 1.98. The molecule has 5 nitrogen and oxygen atoms in total. The molecule has 0 radical (unpaired) electrons. The van der Waals surface area contributed by atoms with Crippen LogP contribution in [0.5, 0.6) is 0 Å². The summed E-state index contributed by atoms with van der Waals surface area (Å²) in [5.41, 5.74) is 0.560. The summed E-state index contributed by atoms with van der Waals surface area (Å²) < 4.78 is 13.7. The van der Waals surface area contributed by atoms with Crippen LogP contribution in [0.15, 0.2) is 36.4 Å². The lowest BCUT2D eigenvalue weighted by Gasteiger charge is -2.07. The molecule has 0 atom stereocenters. The van der Waals surface area contributed by atoms with Crippen molar-refractivity contribution in [3.63, 3.8) is 0 Å². The van der Waals surface area contributed by atoms with Crippen molar-refractivity contribution in [3.05, 3.63) is 68.5 Å². The van der Waals surface area contributed by atoms with Gasteiger partial charge in [0.05, 0.1) is 10.5 Å². The first-order valence-electron chi connectivity index (χ1n) is 5.90. The number of nitrogens with zero attached hydrogens (tertiary/aromatic N) is 1. The number of halogens is 2. The van der Waals surface area contributed by atoms with Crippen molar-refractivity contribution in [2.45, 2.75) is 6.92 Å². The van der Waals surface area contributed by atoms with Crippen LogP contribution in [0, 0.1) is 22.9 Å². The number of aryl methyl sites for hydroxylation is 1. The third kappa shape index (κ3) is 3.35. The molecule has 2 rings (SSSR count). The summed E-state index contributed by atoms with van der Waals surface area (Å²) in [5.74, 6) is -1.29. The summed E-state index contributed by atoms with van der Waals surface area (Å²) >= 11 is 5.74. The highest BCUT2D eigenvalue weighted by molar-refractivity contribution is 6.33. The second kappa shape index (κ2) is 5.88. The summed E-state index contributed by atoms with van der Waals surface area (Å²) in [5, 5.41) is 13.0. The van der Waals surface area contributed by atoms with Gasteiger partial charge in [0.1, 0.15) is 10.8 Å². The Bertz CT molecular complexity index is 734. The van der Waals surface area contributed by atoms with E-state index in [-0.39, 0.29) is 22.0 Å². The quantitative estimate of drug-likeness (QED) is 0.689. The number of amides is 1. The van der Waals surface area contributed by atoms with Gasteiger partial charge in [-0.05, 0) is 36.8 Å². The zero-order valence-electron chi connectivity index (χ0n) is 10.9. The van der Waals surface area contributed by atoms with Crippen molar-refractivity contribution < 1.29 is 14.1 Å². The van der Waals surface area contributed by atoms with Gasteiger partial charge in [-0.2, -0.15) is 0 Å². The molecule has 0 aliphatic carbocycles. The molecule has 2 aromatic rings. The molecule has 0 fully saturated rings. The Hall–Kier alpha value is -2.47. The fourth-order valence-electron chi connectivity index (χ4n) is 1.74. The number of carbonyl (C=O) groups excluding carboxylic acids is 1. The maximum atomic E-state index is 13.7. The smallest absolute Gasteiger partial charge is 0.288 e. The molecule has 0 aromatic heterocycles. The average Bonchev–Trinajstić information content (AvgIpc) is 2.37. The third-order valence-corrected chi connectivity index (χ3v) is 3.07. The molecule has 2 aromatic carbocycles. The van der Waals surface area contributed by atoms with Gasteiger partial charge < -0.3 is 5.32 Å². The van der Waals surface area contributed by atoms with Crippen LogP contribution >= 0.6 is 11.6 Å². The maximum Gasteiger partial charge on any atom is 0.288 e. The summed E-state index contributed by atoms with van der Waals surface area (Å²) in [6.07, 6.45) is 0. The summed E-state index contributed by atoms with van der Waals surface area (Å²) in [6, 6.07) is 7.96. The first-order chi connectivity index (χ1) is 9.88. The molecule has 1 N–H and O–H groups in total. The van der Waals surface area contributed by atoms with Gasteiger partial charge in [0.2, 0.25) is 0 Å². The summed E-state index contributed by atoms with van der Waals surface area (Å²) in [4.78, 5) is 22.0. The van der Waals surface area contributed by atoms with Crippen molar-refractivity contribution >= 4 is 28.9 Å². The fraction of sp³-hybridized carbons (Fsp3) is 0.0714. The molecular weight excluding hydrogens is 299 g/mol. The van der Waals surface area contributed by atoms with Crippen LogP contribution in [-0.2, 0) is 0 Å². The van der Waals surface area contributed by atoms with Crippen molar-refractivity contribution in [2.24, 2.45) is 0 Å². The Balaban J connectivity index is 2.23. The van der Waals surface area contributed by atoms with Crippen LogP contribution in [-0.4, -0.2) is 10.8 Å². The van der Waals surface area contributed by atoms with Crippen molar-refractivity contribution in [2.75, 3.05) is 5.32 Å². The minimum absolute atomic E-state index is 0.109. The van der Waals surface area contributed by atoms with Crippen LogP contribution in [0.2, 0.25) is 5.02 Å². The van der Waals surface area contributed by atoms with E-state index in [2.05, 4.69) is 5.32 Å². The van der Waals surface area contributed by atoms with E-state index in [4.69, 9.17) is 11.6 Å². The summed E-state index contributed by atoms with van der Waals surface area (Å²) in [7, 11) is 0. The zero-order valence-corrected chi connectivity index (χ0v) is 11.6. The topological polar surface area (TPSA) is 72.2 Å². The molecular formula is C14H10ClFN2O3. The van der Waals surface area contributed by atoms with Gasteiger partial charge in [0, 0.05) is 11.8 Å². The Labute approximate surface area is 124 Å². The Morgan fingerprint density at radius 1 is 1.29 bits per heavy atom. The standard InChI is InChI=1S/C14H10ClFN2O3/c1-8-2-4-10(12(16)6-8)14(19)17-9-3-5-13(18(20)21)11(15)7-9/h2-7H,1H3,(H,17,19). The molecule has 21 heavy (non-hydrogen) atoms. The highest BCUT2D eigenvalue weighted by Gasteiger charge is 2.15. The van der Waals surface area contributed by atoms with Crippen LogP contribution in [0.3, 0.4) is 0 Å². The lowest BCUT2D eigenvalue weighted by Crippen LogP contribution is -2.13. The monoisotopic (exact) mass is 308 g/mol. The molecule has 0 aliphatic heterocycles. The SMILES string of the molecule is Cc1ccc(C(=O)Nc2ccc([N+](=O)[O-])c(Cl)c2)c(F)c1. The normalized spacial score (nSPS) is 10.2. The molecule has 0 aliphatic rings. The number of benzene rings is 2. The van der Waals surface area contributed by atoms with Gasteiger partial charge in [0.15, 0.2) is 0 Å². The van der Waals surface area contributed by atoms with Gasteiger partial charge in [-0.1, -0.05) is 17.7 Å². The van der Waals surface area contributed by atoms with E-state index >= 15 is 0 Å². The highest BCUT2D eigenvalue weighted by Crippen LogP contribution is 2.27. The predicted octanol–water partition coefficient (Wildman–Crippen LogP) is 3.95. The minimum Gasteiger partial charge on any atom is -0.322 e. The van der Waals surface area contributed by atoms with Crippen LogP contribution < -0.4 is 5.32 Å². The van der Waals surface area contributed by atoms with E-state index in [1.165, 1.54) is 30.3 Å². The second-order valence-corrected chi connectivity index (χ2v) is 4.77. The minimum atomic E-state index is -0.655. The molecule has 0 heterocycles. The molecule has 0 spiro atoms. The second-order valence-electron chi connectivity index (χ2n) is 4.36. The number of carbonyl (C=O) groups is 1. The number of hydrogen-bond donors (Lipinski definition) is 1. The van der Waals surface area contributed by atoms with Crippen LogP contribution in [0.4, 0.5) is 15.8 Å². The van der Waals surface area contributed by atoms with Crippen LogP contribution in [0.1, 0.15) is 15.9 Å². The molecule has 1 amide bonds. The average molecular weight is 309 g/mol. The molecule has 0 saturated heterocycles. The van der Waals surface area contributed by atoms with E-state index in [0.717, 1.165) is 0 Å². The number of hydrogen-bond acceptors (Lipinski definition) is 3. The lowest BCUT2D eigenvalue weighted by atomic mass is 10.1. The number of nitro groups is 1. The van der Waals surface area contributed by atoms with Crippen LogP contribution in [0.25, 0.3) is 0 Å². The van der Waals surface area contributed by atoms with Crippen molar-refractivity contribution in [3.8, 4) is 0 Å². The molecule has 0 bridgehead atoms. The van der Waals surface area contributed by atoms with E-state index in [1.807, 2.05) is 0 Å². The van der Waals surface area contributed by atoms with E-state index < -0.39 is 16.6 Å². The maximum absolute atomic E-state index is 13.7. The van der Waals surface area contributed by atoms with Gasteiger partial charge in [-0.15, -0.1) is 0 Å². The molecule has 0 unspecified atom stereocenters. The number of rotatable bonds is 3. The number of nitrogens with one attached hydrogen (secondary N) is 1. The van der Waals surface area contributed by atoms with E-state index in [1.54, 1.807) is 13.0 Å². The predicted molar refractivity (Wildman–Crippen MR) is 77.2 cm³/mol. The van der Waals surface area contributed by atoms with Crippen molar-refractivity contribution in [1.29, 1.82) is 0 Å². The largest absolute Gasteiger partial charge is 0.322 e. The Morgan fingerprint density at radius 2 is 2.00 bits per heavy atom. The van der Waals surface area contributed by atoms with Crippen molar-refractivity contribution in [1.82, 2.24) is 0 Å². The van der Waals surface area contributed by atoms with Gasteiger partial charge in [-0.25, -0.2) is 4.39 Å². The third-order valence-electron chi connectivity index (χ3n) is 2.77. The van der Waals surface area contributed by atoms with Gasteiger partial charge >= 0.3 is 0 Å². The highest BCUT2D eigenvalue weighted by atomic mass is 35.5. The van der Waals surface area contributed by atoms with E-state index in [9.17, 15) is 19.3 Å². The molecule has 108 valence electrons. The lowest BCUT2D eigenvalue weighted by molar-refractivity contribution is -0.384. The first kappa shape index (κ1) is 14.9. The zero-order chi connectivity index (χ0) is 15.6. The van der Waals surface area contributed by atoms with Gasteiger partial charge in [0.25, 0.3) is 11.6 Å². The Morgan fingerprint density at radius 3 is 2.57 bits per heavy atom. The molecule has 0 saturated carbocycles.